The summed E-state index contributed by atoms with van der Waals surface area (Å²) in [4.78, 5) is 31.3. The number of ketones is 2. The number of fused-ring (bicyclic) bond motifs is 3. The minimum absolute atomic E-state index is 0.0324. The summed E-state index contributed by atoms with van der Waals surface area (Å²) < 4.78 is 8.13. The van der Waals surface area contributed by atoms with Gasteiger partial charge in [0.2, 0.25) is 5.89 Å². The van der Waals surface area contributed by atoms with Crippen LogP contribution >= 0.6 is 23.2 Å². The predicted molar refractivity (Wildman–Crippen MR) is 149 cm³/mol. The van der Waals surface area contributed by atoms with E-state index in [9.17, 15) is 9.59 Å². The van der Waals surface area contributed by atoms with E-state index in [1.165, 1.54) is 12.1 Å². The van der Waals surface area contributed by atoms with E-state index >= 15 is 0 Å². The van der Waals surface area contributed by atoms with E-state index in [0.29, 0.717) is 22.8 Å². The second-order valence-electron chi connectivity index (χ2n) is 9.00. The number of aromatic nitrogens is 2. The lowest BCUT2D eigenvalue weighted by molar-refractivity contribution is 0.0990. The molecule has 1 aliphatic rings. The normalized spacial score (nSPS) is 13.1. The molecule has 0 fully saturated rings. The van der Waals surface area contributed by atoms with Crippen molar-refractivity contribution in [3.8, 4) is 17.1 Å². The molecule has 2 heterocycles. The molecular weight excluding hydrogens is 519 g/mol. The van der Waals surface area contributed by atoms with Crippen LogP contribution in [0.15, 0.2) is 101 Å². The first kappa shape index (κ1) is 22.7. The molecule has 182 valence electrons. The van der Waals surface area contributed by atoms with Crippen LogP contribution in [0.3, 0.4) is 0 Å². The van der Waals surface area contributed by atoms with Gasteiger partial charge in [-0.1, -0.05) is 77.8 Å². The zero-order valence-corrected chi connectivity index (χ0v) is 21.1. The molecule has 0 saturated carbocycles. The van der Waals surface area contributed by atoms with E-state index in [4.69, 9.17) is 32.6 Å². The average molecular weight is 535 g/mol. The van der Waals surface area contributed by atoms with Crippen LogP contribution in [-0.2, 0) is 0 Å². The van der Waals surface area contributed by atoms with Crippen molar-refractivity contribution in [1.29, 1.82) is 0 Å². The molecule has 0 unspecified atom stereocenters. The van der Waals surface area contributed by atoms with Crippen LogP contribution < -0.4 is 0 Å². The first-order chi connectivity index (χ1) is 18.5. The Labute approximate surface area is 226 Å². The molecule has 2 aromatic heterocycles. The monoisotopic (exact) mass is 534 g/mol. The fraction of sp³-hybridized carbons (Fsp3) is 0. The van der Waals surface area contributed by atoms with E-state index in [0.717, 1.165) is 22.0 Å². The third-order valence-electron chi connectivity index (χ3n) is 6.75. The Balaban J connectivity index is 1.42. The van der Waals surface area contributed by atoms with E-state index in [1.807, 2.05) is 77.4 Å². The summed E-state index contributed by atoms with van der Waals surface area (Å²) in [5.74, 6) is -0.309. The summed E-state index contributed by atoms with van der Waals surface area (Å²) in [6.45, 7) is 0. The second kappa shape index (κ2) is 8.55. The van der Waals surface area contributed by atoms with Crippen molar-refractivity contribution in [3.63, 3.8) is 0 Å². The fourth-order valence-corrected chi connectivity index (χ4v) is 5.30. The van der Waals surface area contributed by atoms with Gasteiger partial charge in [-0.05, 0) is 47.2 Å². The van der Waals surface area contributed by atoms with Gasteiger partial charge in [-0.25, -0.2) is 0 Å². The van der Waals surface area contributed by atoms with Gasteiger partial charge in [0.15, 0.2) is 22.8 Å². The Hall–Kier alpha value is -4.45. The molecule has 0 N–H and O–H groups in total. The molecule has 5 nitrogen and oxygen atoms in total. The molecule has 38 heavy (non-hydrogen) atoms. The quantitative estimate of drug-likeness (QED) is 0.169. The number of rotatable bonds is 3. The first-order valence-corrected chi connectivity index (χ1v) is 12.6. The van der Waals surface area contributed by atoms with Crippen LogP contribution in [0.25, 0.3) is 45.2 Å². The SMILES string of the molecule is O=C1C(=Cc2cc3oc(-c4cccc5ccccc45)nc3n2-c2ccccc2)C(=O)c2cc(Cl)c(Cl)cc21. The van der Waals surface area contributed by atoms with Crippen molar-refractivity contribution in [1.82, 2.24) is 9.55 Å². The maximum Gasteiger partial charge on any atom is 0.229 e. The topological polar surface area (TPSA) is 65.1 Å². The Bertz CT molecular complexity index is 1940. The molecule has 7 rings (SSSR count). The van der Waals surface area contributed by atoms with Gasteiger partial charge in [0, 0.05) is 28.4 Å². The highest BCUT2D eigenvalue weighted by Crippen LogP contribution is 2.37. The van der Waals surface area contributed by atoms with Crippen LogP contribution in [0.4, 0.5) is 0 Å². The minimum atomic E-state index is -0.398. The molecule has 6 aromatic rings. The Morgan fingerprint density at radius 1 is 0.737 bits per heavy atom. The molecule has 4 aromatic carbocycles. The van der Waals surface area contributed by atoms with Crippen LogP contribution in [0.2, 0.25) is 10.0 Å². The molecule has 0 radical (unpaired) electrons. The van der Waals surface area contributed by atoms with Gasteiger partial charge >= 0.3 is 0 Å². The summed E-state index contributed by atoms with van der Waals surface area (Å²) in [5.41, 5.74) is 3.91. The smallest absolute Gasteiger partial charge is 0.229 e. The van der Waals surface area contributed by atoms with Crippen molar-refractivity contribution in [2.24, 2.45) is 0 Å². The minimum Gasteiger partial charge on any atom is -0.434 e. The van der Waals surface area contributed by atoms with Crippen LogP contribution in [-0.4, -0.2) is 21.1 Å². The van der Waals surface area contributed by atoms with Gasteiger partial charge in [-0.15, -0.1) is 0 Å². The maximum absolute atomic E-state index is 13.2. The van der Waals surface area contributed by atoms with Crippen LogP contribution in [0, 0.1) is 0 Å². The highest BCUT2D eigenvalue weighted by Gasteiger charge is 2.34. The molecular formula is C31H16Cl2N2O3. The molecule has 7 heteroatoms. The Kier molecular flexibility index (Phi) is 5.11. The van der Waals surface area contributed by atoms with Crippen LogP contribution in [0.1, 0.15) is 26.4 Å². The van der Waals surface area contributed by atoms with Crippen molar-refractivity contribution in [2.45, 2.75) is 0 Å². The summed E-state index contributed by atoms with van der Waals surface area (Å²) in [6, 6.07) is 28.3. The lowest BCUT2D eigenvalue weighted by atomic mass is 10.0. The number of para-hydroxylation sites is 1. The number of Topliss-reactive ketones (excluding diaryl/α,β-unsaturated/α-hetero) is 2. The van der Waals surface area contributed by atoms with E-state index in [2.05, 4.69) is 0 Å². The van der Waals surface area contributed by atoms with Crippen molar-refractivity contribution >= 4 is 62.8 Å². The molecule has 1 aliphatic carbocycles. The molecule has 0 aliphatic heterocycles. The third kappa shape index (κ3) is 3.44. The lowest BCUT2D eigenvalue weighted by Crippen LogP contribution is -2.03. The summed E-state index contributed by atoms with van der Waals surface area (Å²) in [6.07, 6.45) is 1.58. The number of allylic oxidation sites excluding steroid dienone is 1. The standard InChI is InChI=1S/C31H16Cl2N2O3/c32-25-15-22-23(16-26(25)33)29(37)24(28(22)36)13-19-14-27-30(35(19)18-9-2-1-3-10-18)34-31(38-27)21-12-6-8-17-7-4-5-11-20(17)21/h1-16H. The first-order valence-electron chi connectivity index (χ1n) is 11.9. The molecule has 0 bridgehead atoms. The highest BCUT2D eigenvalue weighted by atomic mass is 35.5. The van der Waals surface area contributed by atoms with Crippen LogP contribution in [0.5, 0.6) is 0 Å². The number of hydrogen-bond donors (Lipinski definition) is 0. The predicted octanol–water partition coefficient (Wildman–Crippen LogP) is 8.21. The Morgan fingerprint density at radius 3 is 2.13 bits per heavy atom. The number of oxazole rings is 1. The molecule has 0 saturated heterocycles. The fourth-order valence-electron chi connectivity index (χ4n) is 4.98. The number of benzene rings is 4. The summed E-state index contributed by atoms with van der Waals surface area (Å²) in [5, 5.41) is 2.57. The summed E-state index contributed by atoms with van der Waals surface area (Å²) in [7, 11) is 0. The van der Waals surface area contributed by atoms with Gasteiger partial charge in [0.05, 0.1) is 21.3 Å². The number of nitrogens with zero attached hydrogens (tertiary/aromatic N) is 2. The third-order valence-corrected chi connectivity index (χ3v) is 7.47. The van der Waals surface area contributed by atoms with E-state index in [1.54, 1.807) is 12.1 Å². The molecule has 0 amide bonds. The van der Waals surface area contributed by atoms with Gasteiger partial charge in [-0.2, -0.15) is 4.98 Å². The number of hydrogen-bond acceptors (Lipinski definition) is 4. The Morgan fingerprint density at radius 2 is 1.39 bits per heavy atom. The average Bonchev–Trinajstić information content (AvgIpc) is 3.56. The number of halogens is 2. The van der Waals surface area contributed by atoms with Gasteiger partial charge in [0.1, 0.15) is 0 Å². The lowest BCUT2D eigenvalue weighted by Gasteiger charge is -2.07. The zero-order chi connectivity index (χ0) is 26.0. The van der Waals surface area contributed by atoms with Gasteiger partial charge < -0.3 is 4.42 Å². The molecule has 0 spiro atoms. The van der Waals surface area contributed by atoms with Crippen molar-refractivity contribution in [3.05, 3.63) is 123 Å². The van der Waals surface area contributed by atoms with E-state index < -0.39 is 11.6 Å². The number of carbonyl (C=O) groups is 2. The van der Waals surface area contributed by atoms with Crippen molar-refractivity contribution < 1.29 is 14.0 Å². The molecule has 0 atom stereocenters. The largest absolute Gasteiger partial charge is 0.434 e. The van der Waals surface area contributed by atoms with Gasteiger partial charge in [0.25, 0.3) is 0 Å². The van der Waals surface area contributed by atoms with E-state index in [-0.39, 0.29) is 26.7 Å². The van der Waals surface area contributed by atoms with Crippen molar-refractivity contribution in [2.75, 3.05) is 0 Å². The van der Waals surface area contributed by atoms with Gasteiger partial charge in [-0.3, -0.25) is 14.2 Å². The second-order valence-corrected chi connectivity index (χ2v) is 9.82. The summed E-state index contributed by atoms with van der Waals surface area (Å²) >= 11 is 12.2. The highest BCUT2D eigenvalue weighted by molar-refractivity contribution is 6.46. The number of carbonyl (C=O) groups excluding carboxylic acids is 2. The maximum atomic E-state index is 13.2. The zero-order valence-electron chi connectivity index (χ0n) is 19.6.